The van der Waals surface area contributed by atoms with Crippen LogP contribution in [0.25, 0.3) is 0 Å². The maximum absolute atomic E-state index is 5.90. The fourth-order valence-corrected chi connectivity index (χ4v) is 2.08. The zero-order valence-electron chi connectivity index (χ0n) is 12.5. The largest absolute Gasteiger partial charge is 0.493 e. The average molecular weight is 279 g/mol. The predicted molar refractivity (Wildman–Crippen MR) is 86.0 cm³/mol. The first kappa shape index (κ1) is 16.0. The number of aryl methyl sites for hydroxylation is 1. The molecule has 0 fully saturated rings. The van der Waals surface area contributed by atoms with Gasteiger partial charge in [-0.15, -0.1) is 0 Å². The van der Waals surface area contributed by atoms with Crippen LogP contribution in [-0.4, -0.2) is 11.6 Å². The highest BCUT2D eigenvalue weighted by Gasteiger charge is 2.19. The maximum atomic E-state index is 5.90. The van der Waals surface area contributed by atoms with Gasteiger partial charge in [-0.3, -0.25) is 0 Å². The summed E-state index contributed by atoms with van der Waals surface area (Å²) >= 11 is 4.87. The molecule has 0 unspecified atom stereocenters. The molecule has 0 heterocycles. The molecule has 1 rings (SSSR count). The first-order valence-electron chi connectivity index (χ1n) is 6.89. The summed E-state index contributed by atoms with van der Waals surface area (Å²) in [6.07, 6.45) is 2.66. The number of rotatable bonds is 6. The van der Waals surface area contributed by atoms with Crippen molar-refractivity contribution in [3.63, 3.8) is 0 Å². The SMILES string of the molecule is CCc1ccc(OCCCC(N)=S)c(C(C)(C)C)c1. The third-order valence-electron chi connectivity index (χ3n) is 3.09. The molecule has 0 spiro atoms. The predicted octanol–water partition coefficient (Wildman–Crippen LogP) is 3.99. The Morgan fingerprint density at radius 3 is 2.53 bits per heavy atom. The highest BCUT2D eigenvalue weighted by molar-refractivity contribution is 7.80. The highest BCUT2D eigenvalue weighted by Crippen LogP contribution is 2.32. The van der Waals surface area contributed by atoms with Crippen molar-refractivity contribution in [1.29, 1.82) is 0 Å². The Balaban J connectivity index is 2.79. The number of thiocarbonyl (C=S) groups is 1. The molecular formula is C16H25NOS. The molecule has 0 aliphatic carbocycles. The Labute approximate surface area is 122 Å². The van der Waals surface area contributed by atoms with Crippen LogP contribution in [0.1, 0.15) is 51.7 Å². The number of ether oxygens (including phenoxy) is 1. The summed E-state index contributed by atoms with van der Waals surface area (Å²) in [7, 11) is 0. The lowest BCUT2D eigenvalue weighted by molar-refractivity contribution is 0.305. The molecule has 0 aliphatic rings. The number of nitrogens with two attached hydrogens (primary N) is 1. The van der Waals surface area contributed by atoms with Gasteiger partial charge in [-0.2, -0.15) is 0 Å². The van der Waals surface area contributed by atoms with Crippen LogP contribution in [0.5, 0.6) is 5.75 Å². The summed E-state index contributed by atoms with van der Waals surface area (Å²) in [6, 6.07) is 6.47. The van der Waals surface area contributed by atoms with E-state index in [1.54, 1.807) is 0 Å². The third kappa shape index (κ3) is 5.19. The van der Waals surface area contributed by atoms with Crippen LogP contribution in [0.15, 0.2) is 18.2 Å². The molecule has 0 radical (unpaired) electrons. The lowest BCUT2D eigenvalue weighted by atomic mass is 9.85. The molecular weight excluding hydrogens is 254 g/mol. The van der Waals surface area contributed by atoms with Crippen molar-refractivity contribution in [3.05, 3.63) is 29.3 Å². The van der Waals surface area contributed by atoms with E-state index in [2.05, 4.69) is 45.9 Å². The van der Waals surface area contributed by atoms with E-state index < -0.39 is 0 Å². The Morgan fingerprint density at radius 2 is 2.00 bits per heavy atom. The molecule has 2 nitrogen and oxygen atoms in total. The summed E-state index contributed by atoms with van der Waals surface area (Å²) in [6.45, 7) is 9.47. The van der Waals surface area contributed by atoms with Crippen LogP contribution < -0.4 is 10.5 Å². The average Bonchev–Trinajstić information content (AvgIpc) is 2.33. The molecule has 0 aliphatic heterocycles. The van der Waals surface area contributed by atoms with Crippen molar-refractivity contribution in [2.45, 2.75) is 52.4 Å². The van der Waals surface area contributed by atoms with Gasteiger partial charge in [-0.05, 0) is 35.4 Å². The molecule has 1 aromatic rings. The van der Waals surface area contributed by atoms with Crippen molar-refractivity contribution >= 4 is 17.2 Å². The summed E-state index contributed by atoms with van der Waals surface area (Å²) in [5, 5.41) is 0. The van der Waals surface area contributed by atoms with Gasteiger partial charge >= 0.3 is 0 Å². The van der Waals surface area contributed by atoms with Crippen LogP contribution in [0.2, 0.25) is 0 Å². The van der Waals surface area contributed by atoms with E-state index in [1.807, 2.05) is 0 Å². The number of benzene rings is 1. The Hall–Kier alpha value is -1.09. The van der Waals surface area contributed by atoms with Crippen molar-refractivity contribution in [2.24, 2.45) is 5.73 Å². The van der Waals surface area contributed by atoms with Gasteiger partial charge in [0.15, 0.2) is 0 Å². The fourth-order valence-electron chi connectivity index (χ4n) is 1.94. The zero-order chi connectivity index (χ0) is 14.5. The van der Waals surface area contributed by atoms with Crippen LogP contribution in [0, 0.1) is 0 Å². The van der Waals surface area contributed by atoms with E-state index in [9.17, 15) is 0 Å². The minimum atomic E-state index is 0.0870. The van der Waals surface area contributed by atoms with E-state index >= 15 is 0 Å². The minimum Gasteiger partial charge on any atom is -0.493 e. The molecule has 19 heavy (non-hydrogen) atoms. The highest BCUT2D eigenvalue weighted by atomic mass is 32.1. The first-order valence-corrected chi connectivity index (χ1v) is 7.30. The van der Waals surface area contributed by atoms with Gasteiger partial charge in [0, 0.05) is 6.42 Å². The third-order valence-corrected chi connectivity index (χ3v) is 3.29. The smallest absolute Gasteiger partial charge is 0.123 e. The van der Waals surface area contributed by atoms with Gasteiger partial charge in [-0.1, -0.05) is 52.0 Å². The van der Waals surface area contributed by atoms with Gasteiger partial charge in [0.1, 0.15) is 5.75 Å². The molecule has 0 saturated carbocycles. The summed E-state index contributed by atoms with van der Waals surface area (Å²) in [4.78, 5) is 0.556. The monoisotopic (exact) mass is 279 g/mol. The van der Waals surface area contributed by atoms with Crippen LogP contribution in [0.3, 0.4) is 0 Å². The molecule has 0 saturated heterocycles. The Bertz CT molecular complexity index is 435. The molecule has 0 atom stereocenters. The quantitative estimate of drug-likeness (QED) is 0.631. The number of hydrogen-bond acceptors (Lipinski definition) is 2. The van der Waals surface area contributed by atoms with Crippen molar-refractivity contribution in [3.8, 4) is 5.75 Å². The molecule has 3 heteroatoms. The minimum absolute atomic E-state index is 0.0870. The lowest BCUT2D eigenvalue weighted by Gasteiger charge is -2.23. The van der Waals surface area contributed by atoms with Gasteiger partial charge in [-0.25, -0.2) is 0 Å². The van der Waals surface area contributed by atoms with Crippen molar-refractivity contribution < 1.29 is 4.74 Å². The molecule has 106 valence electrons. The van der Waals surface area contributed by atoms with E-state index in [1.165, 1.54) is 11.1 Å². The molecule has 1 aromatic carbocycles. The molecule has 0 bridgehead atoms. The fraction of sp³-hybridized carbons (Fsp3) is 0.562. The standard InChI is InChI=1S/C16H25NOS/c1-5-12-8-9-14(13(11-12)16(2,3)4)18-10-6-7-15(17)19/h8-9,11H,5-7,10H2,1-4H3,(H2,17,19). The van der Waals surface area contributed by atoms with Crippen molar-refractivity contribution in [2.75, 3.05) is 6.61 Å². The second-order valence-electron chi connectivity index (χ2n) is 5.85. The van der Waals surface area contributed by atoms with E-state index in [0.717, 1.165) is 25.0 Å². The lowest BCUT2D eigenvalue weighted by Crippen LogP contribution is -2.15. The Morgan fingerprint density at radius 1 is 1.32 bits per heavy atom. The van der Waals surface area contributed by atoms with E-state index in [-0.39, 0.29) is 5.41 Å². The first-order chi connectivity index (χ1) is 8.84. The zero-order valence-corrected chi connectivity index (χ0v) is 13.3. The molecule has 2 N–H and O–H groups in total. The normalized spacial score (nSPS) is 11.4. The van der Waals surface area contributed by atoms with Crippen LogP contribution in [-0.2, 0) is 11.8 Å². The Kier molecular flexibility index (Phi) is 5.80. The van der Waals surface area contributed by atoms with Gasteiger partial charge < -0.3 is 10.5 Å². The topological polar surface area (TPSA) is 35.2 Å². The van der Waals surface area contributed by atoms with Crippen LogP contribution >= 0.6 is 12.2 Å². The van der Waals surface area contributed by atoms with Gasteiger partial charge in [0.25, 0.3) is 0 Å². The maximum Gasteiger partial charge on any atom is 0.123 e. The second kappa shape index (κ2) is 6.90. The van der Waals surface area contributed by atoms with Gasteiger partial charge in [0.05, 0.1) is 11.6 Å². The summed E-state index contributed by atoms with van der Waals surface area (Å²) in [5.74, 6) is 0.979. The number of hydrogen-bond donors (Lipinski definition) is 1. The second-order valence-corrected chi connectivity index (χ2v) is 6.38. The van der Waals surface area contributed by atoms with E-state index in [0.29, 0.717) is 11.6 Å². The summed E-state index contributed by atoms with van der Waals surface area (Å²) < 4.78 is 5.90. The molecule has 0 amide bonds. The van der Waals surface area contributed by atoms with Gasteiger partial charge in [0.2, 0.25) is 0 Å². The van der Waals surface area contributed by atoms with E-state index in [4.69, 9.17) is 22.7 Å². The molecule has 0 aromatic heterocycles. The summed E-state index contributed by atoms with van der Waals surface area (Å²) in [5.41, 5.74) is 8.19. The van der Waals surface area contributed by atoms with Crippen molar-refractivity contribution in [1.82, 2.24) is 0 Å². The van der Waals surface area contributed by atoms with Crippen LogP contribution in [0.4, 0.5) is 0 Å².